The molecular formula is C10H12N2. The summed E-state index contributed by atoms with van der Waals surface area (Å²) in [5, 5.41) is 0. The second-order valence-electron chi connectivity index (χ2n) is 2.48. The van der Waals surface area contributed by atoms with E-state index in [0.29, 0.717) is 5.69 Å². The van der Waals surface area contributed by atoms with E-state index in [-0.39, 0.29) is 0 Å². The van der Waals surface area contributed by atoms with Gasteiger partial charge in [0.15, 0.2) is 0 Å². The van der Waals surface area contributed by atoms with Crippen molar-refractivity contribution >= 4 is 24.2 Å². The van der Waals surface area contributed by atoms with Crippen LogP contribution in [0.3, 0.4) is 0 Å². The number of benzene rings is 1. The van der Waals surface area contributed by atoms with E-state index in [2.05, 4.69) is 11.7 Å². The normalized spacial score (nSPS) is 10.4. The monoisotopic (exact) mass is 160 g/mol. The average Bonchev–Trinajstić information content (AvgIpc) is 2.08. The molecule has 0 aliphatic carbocycles. The molecule has 0 aliphatic rings. The fraction of sp³-hybridized carbons (Fsp3) is 0.100. The third-order valence-corrected chi connectivity index (χ3v) is 1.57. The van der Waals surface area contributed by atoms with E-state index in [9.17, 15) is 0 Å². The molecule has 0 unspecified atom stereocenters. The Kier molecular flexibility index (Phi) is 2.64. The first-order valence-corrected chi connectivity index (χ1v) is 3.77. The Morgan fingerprint density at radius 2 is 2.25 bits per heavy atom. The molecule has 2 heteroatoms. The zero-order valence-corrected chi connectivity index (χ0v) is 7.12. The molecule has 0 bridgehead atoms. The molecule has 2 nitrogen and oxygen atoms in total. The number of nitrogen functional groups attached to an aromatic ring is 1. The molecule has 2 N–H and O–H groups in total. The van der Waals surface area contributed by atoms with E-state index < -0.39 is 0 Å². The number of rotatable bonds is 2. The fourth-order valence-electron chi connectivity index (χ4n) is 1.02. The van der Waals surface area contributed by atoms with Gasteiger partial charge in [-0.1, -0.05) is 18.2 Å². The zero-order valence-electron chi connectivity index (χ0n) is 7.12. The summed E-state index contributed by atoms with van der Waals surface area (Å²) in [7, 11) is 0. The van der Waals surface area contributed by atoms with Gasteiger partial charge in [0, 0.05) is 5.69 Å². The molecule has 1 rings (SSSR count). The lowest BCUT2D eigenvalue weighted by Gasteiger charge is -2.00. The van der Waals surface area contributed by atoms with Crippen LogP contribution in [0.1, 0.15) is 12.5 Å². The van der Waals surface area contributed by atoms with Crippen molar-refractivity contribution in [1.29, 1.82) is 0 Å². The van der Waals surface area contributed by atoms with Gasteiger partial charge in [0.05, 0.1) is 5.69 Å². The van der Waals surface area contributed by atoms with Crippen molar-refractivity contribution in [3.05, 3.63) is 29.8 Å². The molecular weight excluding hydrogens is 148 g/mol. The number of nitrogens with zero attached hydrogens (tertiary/aromatic N) is 1. The highest BCUT2D eigenvalue weighted by molar-refractivity contribution is 5.69. The second kappa shape index (κ2) is 3.72. The summed E-state index contributed by atoms with van der Waals surface area (Å²) < 4.78 is 0. The van der Waals surface area contributed by atoms with Crippen LogP contribution in [0.2, 0.25) is 0 Å². The van der Waals surface area contributed by atoms with Gasteiger partial charge in [-0.05, 0) is 31.3 Å². The molecule has 0 aliphatic heterocycles. The summed E-state index contributed by atoms with van der Waals surface area (Å²) in [4.78, 5) is 3.87. The van der Waals surface area contributed by atoms with Crippen LogP contribution in [0.15, 0.2) is 29.3 Å². The Morgan fingerprint density at radius 3 is 2.83 bits per heavy atom. The average molecular weight is 160 g/mol. The first-order valence-electron chi connectivity index (χ1n) is 3.77. The fourth-order valence-corrected chi connectivity index (χ4v) is 1.02. The lowest BCUT2D eigenvalue weighted by molar-refractivity contribution is 1.52. The predicted molar refractivity (Wildman–Crippen MR) is 54.8 cm³/mol. The maximum Gasteiger partial charge on any atom is 0.0715 e. The Morgan fingerprint density at radius 1 is 1.50 bits per heavy atom. The highest BCUT2D eigenvalue weighted by Crippen LogP contribution is 2.22. The van der Waals surface area contributed by atoms with Crippen molar-refractivity contribution in [3.8, 4) is 0 Å². The molecule has 0 radical (unpaired) electrons. The van der Waals surface area contributed by atoms with Crippen LogP contribution in [0.4, 0.5) is 11.4 Å². The summed E-state index contributed by atoms with van der Waals surface area (Å²) in [6.45, 7) is 5.44. The summed E-state index contributed by atoms with van der Waals surface area (Å²) in [5.74, 6) is 0. The Balaban J connectivity index is 3.19. The van der Waals surface area contributed by atoms with Crippen LogP contribution < -0.4 is 5.73 Å². The lowest BCUT2D eigenvalue weighted by Crippen LogP contribution is -1.84. The van der Waals surface area contributed by atoms with Gasteiger partial charge in [-0.25, -0.2) is 0 Å². The van der Waals surface area contributed by atoms with Gasteiger partial charge in [-0.3, -0.25) is 4.99 Å². The van der Waals surface area contributed by atoms with E-state index in [0.717, 1.165) is 11.3 Å². The molecule has 0 saturated heterocycles. The number of anilines is 1. The molecule has 0 aromatic heterocycles. The summed E-state index contributed by atoms with van der Waals surface area (Å²) in [6.07, 6.45) is 3.93. The number of allylic oxidation sites excluding steroid dienone is 1. The Labute approximate surface area is 72.4 Å². The minimum absolute atomic E-state index is 0.714. The van der Waals surface area contributed by atoms with Crippen LogP contribution in [0, 0.1) is 0 Å². The number of hydrogen-bond acceptors (Lipinski definition) is 2. The standard InChI is InChI=1S/C10H12N2/c1-3-4-8-5-6-9(11)7-10(8)12-2/h3-7H,2,11H2,1H3/b4-3-. The van der Waals surface area contributed by atoms with Gasteiger partial charge in [0.25, 0.3) is 0 Å². The molecule has 0 amide bonds. The highest BCUT2D eigenvalue weighted by Gasteiger charge is 1.95. The molecule has 0 fully saturated rings. The molecule has 0 spiro atoms. The number of aliphatic imine (C=N–C) groups is 1. The first kappa shape index (κ1) is 8.53. The molecule has 0 saturated carbocycles. The summed E-state index contributed by atoms with van der Waals surface area (Å²) >= 11 is 0. The van der Waals surface area contributed by atoms with Crippen LogP contribution in [-0.4, -0.2) is 6.72 Å². The van der Waals surface area contributed by atoms with Gasteiger partial charge in [-0.2, -0.15) is 0 Å². The number of hydrogen-bond donors (Lipinski definition) is 1. The van der Waals surface area contributed by atoms with Crippen LogP contribution in [0.25, 0.3) is 6.08 Å². The second-order valence-corrected chi connectivity index (χ2v) is 2.48. The van der Waals surface area contributed by atoms with Crippen molar-refractivity contribution in [1.82, 2.24) is 0 Å². The molecule has 12 heavy (non-hydrogen) atoms. The lowest BCUT2D eigenvalue weighted by atomic mass is 10.1. The SMILES string of the molecule is C=Nc1cc(N)ccc1/C=C\C. The van der Waals surface area contributed by atoms with Gasteiger partial charge in [-0.15, -0.1) is 0 Å². The van der Waals surface area contributed by atoms with Gasteiger partial charge in [0.2, 0.25) is 0 Å². The van der Waals surface area contributed by atoms with Gasteiger partial charge in [0.1, 0.15) is 0 Å². The van der Waals surface area contributed by atoms with E-state index in [1.165, 1.54) is 0 Å². The van der Waals surface area contributed by atoms with Crippen LogP contribution in [-0.2, 0) is 0 Å². The number of nitrogens with two attached hydrogens (primary N) is 1. The quantitative estimate of drug-likeness (QED) is 0.524. The van der Waals surface area contributed by atoms with E-state index in [1.54, 1.807) is 0 Å². The van der Waals surface area contributed by atoms with Gasteiger partial charge < -0.3 is 5.73 Å². The summed E-state index contributed by atoms with van der Waals surface area (Å²) in [5.41, 5.74) is 8.17. The molecule has 0 atom stereocenters. The van der Waals surface area contributed by atoms with Crippen LogP contribution in [0.5, 0.6) is 0 Å². The minimum Gasteiger partial charge on any atom is -0.399 e. The topological polar surface area (TPSA) is 38.4 Å². The van der Waals surface area contributed by atoms with Crippen molar-refractivity contribution in [3.63, 3.8) is 0 Å². The highest BCUT2D eigenvalue weighted by atomic mass is 14.7. The maximum atomic E-state index is 5.59. The third-order valence-electron chi connectivity index (χ3n) is 1.57. The van der Waals surface area contributed by atoms with Crippen molar-refractivity contribution < 1.29 is 0 Å². The minimum atomic E-state index is 0.714. The Hall–Kier alpha value is -1.57. The van der Waals surface area contributed by atoms with Crippen molar-refractivity contribution in [2.24, 2.45) is 4.99 Å². The third kappa shape index (κ3) is 1.72. The first-order chi connectivity index (χ1) is 5.77. The molecule has 1 aromatic rings. The van der Waals surface area contributed by atoms with Crippen molar-refractivity contribution in [2.45, 2.75) is 6.92 Å². The largest absolute Gasteiger partial charge is 0.399 e. The smallest absolute Gasteiger partial charge is 0.0715 e. The predicted octanol–water partition coefficient (Wildman–Crippen LogP) is 2.63. The zero-order chi connectivity index (χ0) is 8.97. The van der Waals surface area contributed by atoms with E-state index >= 15 is 0 Å². The molecule has 0 heterocycles. The molecule has 1 aromatic carbocycles. The maximum absolute atomic E-state index is 5.59. The molecule has 62 valence electrons. The van der Waals surface area contributed by atoms with E-state index in [4.69, 9.17) is 5.73 Å². The van der Waals surface area contributed by atoms with Crippen LogP contribution >= 0.6 is 0 Å². The van der Waals surface area contributed by atoms with Crippen molar-refractivity contribution in [2.75, 3.05) is 5.73 Å². The van der Waals surface area contributed by atoms with E-state index in [1.807, 2.05) is 37.3 Å². The summed E-state index contributed by atoms with van der Waals surface area (Å²) in [6, 6.07) is 5.59. The van der Waals surface area contributed by atoms with Gasteiger partial charge >= 0.3 is 0 Å². The Bertz CT molecular complexity index is 314.